The van der Waals surface area contributed by atoms with Gasteiger partial charge in [-0.25, -0.2) is 0 Å². The predicted octanol–water partition coefficient (Wildman–Crippen LogP) is 4.56. The number of rotatable bonds is 6. The van der Waals surface area contributed by atoms with E-state index in [-0.39, 0.29) is 0 Å². The van der Waals surface area contributed by atoms with Gasteiger partial charge in [-0.3, -0.25) is 4.98 Å². The third-order valence-electron chi connectivity index (χ3n) is 4.52. The number of pyridine rings is 1. The summed E-state index contributed by atoms with van der Waals surface area (Å²) < 4.78 is 0. The molecule has 4 aromatic rings. The number of hydrogen-bond acceptors (Lipinski definition) is 2. The number of nitrogens with one attached hydrogen (secondary N) is 2. The van der Waals surface area contributed by atoms with E-state index in [2.05, 4.69) is 70.0 Å². The van der Waals surface area contributed by atoms with Crippen LogP contribution in [0.2, 0.25) is 0 Å². The molecular weight excluding hydrogens is 306 g/mol. The van der Waals surface area contributed by atoms with Crippen LogP contribution in [0, 0.1) is 0 Å². The third kappa shape index (κ3) is 3.62. The molecule has 0 aliphatic rings. The first-order valence-electron chi connectivity index (χ1n) is 8.65. The Morgan fingerprint density at radius 3 is 2.68 bits per heavy atom. The van der Waals surface area contributed by atoms with Crippen LogP contribution < -0.4 is 5.32 Å². The molecule has 2 aromatic carbocycles. The summed E-state index contributed by atoms with van der Waals surface area (Å²) >= 11 is 0. The summed E-state index contributed by atoms with van der Waals surface area (Å²) in [5, 5.41) is 4.88. The maximum atomic E-state index is 4.09. The van der Waals surface area contributed by atoms with E-state index < -0.39 is 0 Å². The summed E-state index contributed by atoms with van der Waals surface area (Å²) in [6.07, 6.45) is 6.81. The average molecular weight is 327 g/mol. The van der Waals surface area contributed by atoms with Crippen molar-refractivity contribution < 1.29 is 0 Å². The van der Waals surface area contributed by atoms with Crippen molar-refractivity contribution in [3.63, 3.8) is 0 Å². The molecular formula is C22H21N3. The van der Waals surface area contributed by atoms with Gasteiger partial charge in [0.2, 0.25) is 0 Å². The van der Waals surface area contributed by atoms with Crippen LogP contribution in [-0.4, -0.2) is 16.5 Å². The van der Waals surface area contributed by atoms with Crippen molar-refractivity contribution in [2.75, 3.05) is 6.54 Å². The van der Waals surface area contributed by atoms with Gasteiger partial charge in [-0.05, 0) is 59.5 Å². The number of hydrogen-bond donors (Lipinski definition) is 2. The fourth-order valence-electron chi connectivity index (χ4n) is 3.20. The average Bonchev–Trinajstić information content (AvgIpc) is 3.09. The lowest BCUT2D eigenvalue weighted by Gasteiger charge is -2.07. The maximum Gasteiger partial charge on any atom is 0.0456 e. The normalized spacial score (nSPS) is 11.0. The first-order valence-corrected chi connectivity index (χ1v) is 8.65. The fourth-order valence-corrected chi connectivity index (χ4v) is 3.20. The van der Waals surface area contributed by atoms with Gasteiger partial charge in [0.05, 0.1) is 0 Å². The third-order valence-corrected chi connectivity index (χ3v) is 4.52. The molecule has 0 radical (unpaired) electrons. The highest BCUT2D eigenvalue weighted by molar-refractivity contribution is 5.83. The monoisotopic (exact) mass is 327 g/mol. The van der Waals surface area contributed by atoms with Crippen molar-refractivity contribution >= 4 is 10.9 Å². The zero-order valence-corrected chi connectivity index (χ0v) is 14.1. The Morgan fingerprint density at radius 2 is 1.76 bits per heavy atom. The van der Waals surface area contributed by atoms with Crippen LogP contribution in [0.4, 0.5) is 0 Å². The number of aromatic amines is 1. The van der Waals surface area contributed by atoms with Gasteiger partial charge in [0.25, 0.3) is 0 Å². The minimum atomic E-state index is 0.876. The Kier molecular flexibility index (Phi) is 4.57. The second-order valence-electron chi connectivity index (χ2n) is 6.22. The number of aromatic nitrogens is 2. The van der Waals surface area contributed by atoms with Crippen molar-refractivity contribution in [2.45, 2.75) is 13.0 Å². The van der Waals surface area contributed by atoms with Gasteiger partial charge >= 0.3 is 0 Å². The van der Waals surface area contributed by atoms with E-state index in [9.17, 15) is 0 Å². The second kappa shape index (κ2) is 7.32. The topological polar surface area (TPSA) is 40.7 Å². The summed E-state index contributed by atoms with van der Waals surface area (Å²) in [5.74, 6) is 0. The SMILES string of the molecule is c1cc(CNCCc2c[nH]c3ccccc23)cc(-c2ccncc2)c1. The lowest BCUT2D eigenvalue weighted by atomic mass is 10.0. The molecule has 0 amide bonds. The van der Waals surface area contributed by atoms with E-state index in [0.29, 0.717) is 0 Å². The Morgan fingerprint density at radius 1 is 0.880 bits per heavy atom. The second-order valence-corrected chi connectivity index (χ2v) is 6.22. The minimum absolute atomic E-state index is 0.876. The molecule has 0 aliphatic heterocycles. The summed E-state index contributed by atoms with van der Waals surface area (Å²) in [6, 6.07) is 21.2. The molecule has 3 nitrogen and oxygen atoms in total. The maximum absolute atomic E-state index is 4.09. The molecule has 0 aliphatic carbocycles. The molecule has 2 aromatic heterocycles. The van der Waals surface area contributed by atoms with Crippen LogP contribution in [-0.2, 0) is 13.0 Å². The van der Waals surface area contributed by atoms with Gasteiger partial charge < -0.3 is 10.3 Å². The molecule has 124 valence electrons. The highest BCUT2D eigenvalue weighted by Gasteiger charge is 2.03. The molecule has 0 saturated carbocycles. The van der Waals surface area contributed by atoms with E-state index in [1.54, 1.807) is 0 Å². The Labute approximate surface area is 147 Å². The van der Waals surface area contributed by atoms with E-state index >= 15 is 0 Å². The molecule has 2 N–H and O–H groups in total. The summed E-state index contributed by atoms with van der Waals surface area (Å²) in [5.41, 5.74) is 6.32. The number of fused-ring (bicyclic) bond motifs is 1. The van der Waals surface area contributed by atoms with Crippen LogP contribution in [0.3, 0.4) is 0 Å². The molecule has 25 heavy (non-hydrogen) atoms. The van der Waals surface area contributed by atoms with Gasteiger partial charge in [0, 0.05) is 36.0 Å². The van der Waals surface area contributed by atoms with Crippen LogP contribution in [0.15, 0.2) is 79.3 Å². The lowest BCUT2D eigenvalue weighted by Crippen LogP contribution is -2.16. The van der Waals surface area contributed by atoms with Crippen molar-refractivity contribution in [1.82, 2.24) is 15.3 Å². The Balaban J connectivity index is 1.36. The number of benzene rings is 2. The van der Waals surface area contributed by atoms with Crippen LogP contribution in [0.25, 0.3) is 22.0 Å². The van der Waals surface area contributed by atoms with Gasteiger partial charge in [-0.2, -0.15) is 0 Å². The zero-order chi connectivity index (χ0) is 16.9. The number of nitrogens with zero attached hydrogens (tertiary/aromatic N) is 1. The molecule has 0 saturated heterocycles. The first-order chi connectivity index (χ1) is 12.4. The van der Waals surface area contributed by atoms with E-state index in [0.717, 1.165) is 19.5 Å². The molecule has 0 atom stereocenters. The molecule has 0 unspecified atom stereocenters. The summed E-state index contributed by atoms with van der Waals surface area (Å²) in [4.78, 5) is 7.42. The number of para-hydroxylation sites is 1. The van der Waals surface area contributed by atoms with E-state index in [1.165, 1.54) is 33.2 Å². The van der Waals surface area contributed by atoms with E-state index in [4.69, 9.17) is 0 Å². The predicted molar refractivity (Wildman–Crippen MR) is 103 cm³/mol. The van der Waals surface area contributed by atoms with Crippen LogP contribution in [0.1, 0.15) is 11.1 Å². The largest absolute Gasteiger partial charge is 0.361 e. The standard InChI is InChI=1S/C22H21N3/c1-2-7-22-21(6-1)20(16-25-22)10-13-24-15-17-4-3-5-19(14-17)18-8-11-23-12-9-18/h1-9,11-12,14,16,24-25H,10,13,15H2. The quantitative estimate of drug-likeness (QED) is 0.510. The van der Waals surface area contributed by atoms with Gasteiger partial charge in [0.1, 0.15) is 0 Å². The van der Waals surface area contributed by atoms with Gasteiger partial charge in [-0.1, -0.05) is 36.4 Å². The number of H-pyrrole nitrogens is 1. The van der Waals surface area contributed by atoms with Crippen molar-refractivity contribution in [1.29, 1.82) is 0 Å². The molecule has 4 rings (SSSR count). The van der Waals surface area contributed by atoms with Gasteiger partial charge in [0.15, 0.2) is 0 Å². The highest BCUT2D eigenvalue weighted by Crippen LogP contribution is 2.20. The fraction of sp³-hybridized carbons (Fsp3) is 0.136. The minimum Gasteiger partial charge on any atom is -0.361 e. The molecule has 0 bridgehead atoms. The molecule has 3 heteroatoms. The smallest absolute Gasteiger partial charge is 0.0456 e. The zero-order valence-electron chi connectivity index (χ0n) is 14.1. The molecule has 0 spiro atoms. The molecule has 0 fully saturated rings. The molecule has 2 heterocycles. The van der Waals surface area contributed by atoms with Gasteiger partial charge in [-0.15, -0.1) is 0 Å². The van der Waals surface area contributed by atoms with Crippen molar-refractivity contribution in [3.8, 4) is 11.1 Å². The first kappa shape index (κ1) is 15.6. The van der Waals surface area contributed by atoms with Crippen molar-refractivity contribution in [2.24, 2.45) is 0 Å². The van der Waals surface area contributed by atoms with E-state index in [1.807, 2.05) is 24.5 Å². The summed E-state index contributed by atoms with van der Waals surface area (Å²) in [7, 11) is 0. The highest BCUT2D eigenvalue weighted by atomic mass is 14.8. The Hall–Kier alpha value is -2.91. The summed E-state index contributed by atoms with van der Waals surface area (Å²) in [6.45, 7) is 1.84. The van der Waals surface area contributed by atoms with Crippen molar-refractivity contribution in [3.05, 3.63) is 90.4 Å². The lowest BCUT2D eigenvalue weighted by molar-refractivity contribution is 0.688. The Bertz CT molecular complexity index is 957. The van der Waals surface area contributed by atoms with Crippen LogP contribution >= 0.6 is 0 Å². The van der Waals surface area contributed by atoms with Crippen LogP contribution in [0.5, 0.6) is 0 Å².